The molecular formula is C23H22N4O4S. The molecule has 9 heteroatoms. The maximum atomic E-state index is 12.7. The van der Waals surface area contributed by atoms with Gasteiger partial charge in [0.15, 0.2) is 11.7 Å². The van der Waals surface area contributed by atoms with Crippen molar-refractivity contribution in [3.63, 3.8) is 0 Å². The molecular weight excluding hydrogens is 428 g/mol. The molecule has 0 aliphatic carbocycles. The number of benzene rings is 1. The third-order valence-electron chi connectivity index (χ3n) is 5.33. The highest BCUT2D eigenvalue weighted by molar-refractivity contribution is 7.12. The van der Waals surface area contributed by atoms with Gasteiger partial charge >= 0.3 is 5.97 Å². The maximum Gasteiger partial charge on any atom is 0.306 e. The number of ketones is 1. The lowest BCUT2D eigenvalue weighted by molar-refractivity contribution is -0.142. The number of aryl methyl sites for hydroxylation is 2. The summed E-state index contributed by atoms with van der Waals surface area (Å²) in [6, 6.07) is 8.86. The SMILES string of the molecule is Cc1cc(C(=O)COC(=O)CCc2nc3ccccc3c(=O)n2C)c(C)n1-c1nccs1. The Morgan fingerprint density at radius 1 is 1.19 bits per heavy atom. The first-order valence-electron chi connectivity index (χ1n) is 10.1. The standard InChI is InChI=1S/C23H22N4O4S/c1-14-12-17(15(2)27(14)23-24-10-11-32-23)19(28)13-31-21(29)9-8-20-25-18-7-5-4-6-16(18)22(30)26(20)3/h4-7,10-12H,8-9,13H2,1-3H3. The molecule has 0 aliphatic rings. The third-order valence-corrected chi connectivity index (χ3v) is 6.09. The van der Waals surface area contributed by atoms with Gasteiger partial charge in [-0.2, -0.15) is 0 Å². The monoisotopic (exact) mass is 450 g/mol. The van der Waals surface area contributed by atoms with Gasteiger partial charge in [0, 0.05) is 42.0 Å². The number of esters is 1. The van der Waals surface area contributed by atoms with Crippen molar-refractivity contribution in [2.75, 3.05) is 6.61 Å². The van der Waals surface area contributed by atoms with E-state index in [9.17, 15) is 14.4 Å². The number of hydrogen-bond acceptors (Lipinski definition) is 7. The molecule has 0 N–H and O–H groups in total. The fraction of sp³-hybridized carbons (Fsp3) is 0.261. The molecule has 0 saturated heterocycles. The lowest BCUT2D eigenvalue weighted by atomic mass is 10.1. The molecule has 32 heavy (non-hydrogen) atoms. The number of thiazole rings is 1. The van der Waals surface area contributed by atoms with Crippen LogP contribution in [0.4, 0.5) is 0 Å². The zero-order chi connectivity index (χ0) is 22.8. The summed E-state index contributed by atoms with van der Waals surface area (Å²) < 4.78 is 8.55. The molecule has 8 nitrogen and oxygen atoms in total. The van der Waals surface area contributed by atoms with Crippen LogP contribution in [0.5, 0.6) is 0 Å². The van der Waals surface area contributed by atoms with Gasteiger partial charge in [-0.05, 0) is 32.0 Å². The Morgan fingerprint density at radius 2 is 1.97 bits per heavy atom. The highest BCUT2D eigenvalue weighted by atomic mass is 32.1. The van der Waals surface area contributed by atoms with Crippen LogP contribution in [-0.4, -0.2) is 37.5 Å². The van der Waals surface area contributed by atoms with Crippen molar-refractivity contribution in [2.24, 2.45) is 7.05 Å². The summed E-state index contributed by atoms with van der Waals surface area (Å²) in [4.78, 5) is 46.2. The van der Waals surface area contributed by atoms with Crippen LogP contribution in [0.15, 0.2) is 46.7 Å². The summed E-state index contributed by atoms with van der Waals surface area (Å²) >= 11 is 1.48. The first-order valence-corrected chi connectivity index (χ1v) is 11.0. The Labute approximate surface area is 188 Å². The van der Waals surface area contributed by atoms with Crippen molar-refractivity contribution in [1.82, 2.24) is 19.1 Å². The number of Topliss-reactive ketones (excluding diaryl/α,β-unsaturated/α-hetero) is 1. The zero-order valence-electron chi connectivity index (χ0n) is 18.0. The molecule has 4 aromatic rings. The second-order valence-corrected chi connectivity index (χ2v) is 8.30. The van der Waals surface area contributed by atoms with Gasteiger partial charge in [0.1, 0.15) is 5.82 Å². The van der Waals surface area contributed by atoms with Gasteiger partial charge < -0.3 is 4.74 Å². The molecule has 0 spiro atoms. The van der Waals surface area contributed by atoms with Crippen LogP contribution in [0.1, 0.15) is 34.0 Å². The molecule has 0 bridgehead atoms. The molecule has 3 heterocycles. The Balaban J connectivity index is 1.39. The number of carbonyl (C=O) groups excluding carboxylic acids is 2. The molecule has 164 valence electrons. The van der Waals surface area contributed by atoms with E-state index in [1.54, 1.807) is 37.5 Å². The normalized spacial score (nSPS) is 11.1. The second kappa shape index (κ2) is 8.88. The van der Waals surface area contributed by atoms with Crippen LogP contribution in [-0.2, 0) is 23.0 Å². The quantitative estimate of drug-likeness (QED) is 0.317. The molecule has 0 unspecified atom stereocenters. The molecule has 0 fully saturated rings. The number of ether oxygens (including phenoxy) is 1. The second-order valence-electron chi connectivity index (χ2n) is 7.43. The smallest absolute Gasteiger partial charge is 0.306 e. The minimum Gasteiger partial charge on any atom is -0.457 e. The molecule has 0 saturated carbocycles. The summed E-state index contributed by atoms with van der Waals surface area (Å²) in [5.74, 6) is -0.302. The van der Waals surface area contributed by atoms with Crippen molar-refractivity contribution in [1.29, 1.82) is 0 Å². The zero-order valence-corrected chi connectivity index (χ0v) is 18.8. The van der Waals surface area contributed by atoms with Crippen molar-refractivity contribution >= 4 is 34.0 Å². The Morgan fingerprint density at radius 3 is 2.72 bits per heavy atom. The first kappa shape index (κ1) is 21.6. The number of aromatic nitrogens is 4. The Kier molecular flexibility index (Phi) is 6.00. The lowest BCUT2D eigenvalue weighted by Gasteiger charge is -2.09. The number of rotatable bonds is 7. The fourth-order valence-electron chi connectivity index (χ4n) is 3.66. The number of para-hydroxylation sites is 1. The summed E-state index contributed by atoms with van der Waals surface area (Å²) in [7, 11) is 1.63. The van der Waals surface area contributed by atoms with Crippen LogP contribution in [0, 0.1) is 13.8 Å². The molecule has 0 atom stereocenters. The van der Waals surface area contributed by atoms with Crippen LogP contribution < -0.4 is 5.56 Å². The van der Waals surface area contributed by atoms with Crippen LogP contribution in [0.2, 0.25) is 0 Å². The predicted octanol–water partition coefficient (Wildman–Crippen LogP) is 3.16. The van der Waals surface area contributed by atoms with Crippen molar-refractivity contribution in [3.05, 3.63) is 75.0 Å². The third kappa shape index (κ3) is 4.11. The average Bonchev–Trinajstić information content (AvgIpc) is 3.41. The summed E-state index contributed by atoms with van der Waals surface area (Å²) in [5.41, 5.74) is 2.57. The summed E-state index contributed by atoms with van der Waals surface area (Å²) in [5, 5.41) is 3.18. The largest absolute Gasteiger partial charge is 0.457 e. The van der Waals surface area contributed by atoms with Crippen LogP contribution in [0.3, 0.4) is 0 Å². The van der Waals surface area contributed by atoms with E-state index < -0.39 is 5.97 Å². The van der Waals surface area contributed by atoms with Crippen LogP contribution in [0.25, 0.3) is 16.0 Å². The average molecular weight is 451 g/mol. The van der Waals surface area contributed by atoms with Gasteiger partial charge in [-0.15, -0.1) is 11.3 Å². The summed E-state index contributed by atoms with van der Waals surface area (Å²) in [6.45, 7) is 3.40. The van der Waals surface area contributed by atoms with Crippen molar-refractivity contribution in [2.45, 2.75) is 26.7 Å². The van der Waals surface area contributed by atoms with Crippen LogP contribution >= 0.6 is 11.3 Å². The van der Waals surface area contributed by atoms with Crippen molar-refractivity contribution < 1.29 is 14.3 Å². The van der Waals surface area contributed by atoms with E-state index in [0.29, 0.717) is 22.3 Å². The minimum atomic E-state index is -0.519. The number of fused-ring (bicyclic) bond motifs is 1. The Bertz CT molecular complexity index is 1370. The lowest BCUT2D eigenvalue weighted by Crippen LogP contribution is -2.23. The molecule has 0 aliphatic heterocycles. The Hall–Kier alpha value is -3.59. The van der Waals surface area contributed by atoms with E-state index in [-0.39, 0.29) is 30.8 Å². The molecule has 3 aromatic heterocycles. The van der Waals surface area contributed by atoms with E-state index in [1.165, 1.54) is 15.9 Å². The van der Waals surface area contributed by atoms with Gasteiger partial charge in [-0.1, -0.05) is 12.1 Å². The molecule has 0 amide bonds. The van der Waals surface area contributed by atoms with Gasteiger partial charge in [-0.25, -0.2) is 9.97 Å². The van der Waals surface area contributed by atoms with Gasteiger partial charge in [0.2, 0.25) is 5.78 Å². The first-order chi connectivity index (χ1) is 15.4. The van der Waals surface area contributed by atoms with Gasteiger partial charge in [-0.3, -0.25) is 23.5 Å². The highest BCUT2D eigenvalue weighted by Crippen LogP contribution is 2.22. The molecule has 0 radical (unpaired) electrons. The predicted molar refractivity (Wildman–Crippen MR) is 122 cm³/mol. The minimum absolute atomic E-state index is 0.0179. The van der Waals surface area contributed by atoms with Gasteiger partial charge in [0.25, 0.3) is 5.56 Å². The van der Waals surface area contributed by atoms with E-state index in [1.807, 2.05) is 29.9 Å². The number of hydrogen-bond donors (Lipinski definition) is 0. The topological polar surface area (TPSA) is 96.1 Å². The fourth-order valence-corrected chi connectivity index (χ4v) is 4.41. The van der Waals surface area contributed by atoms with Gasteiger partial charge in [0.05, 0.1) is 17.3 Å². The van der Waals surface area contributed by atoms with E-state index in [4.69, 9.17) is 4.74 Å². The van der Waals surface area contributed by atoms with E-state index in [0.717, 1.165) is 16.5 Å². The number of nitrogens with zero attached hydrogens (tertiary/aromatic N) is 4. The highest BCUT2D eigenvalue weighted by Gasteiger charge is 2.19. The molecule has 4 rings (SSSR count). The molecule has 1 aromatic carbocycles. The van der Waals surface area contributed by atoms with Crippen molar-refractivity contribution in [3.8, 4) is 5.13 Å². The van der Waals surface area contributed by atoms with E-state index >= 15 is 0 Å². The number of carbonyl (C=O) groups is 2. The maximum absolute atomic E-state index is 12.7. The van der Waals surface area contributed by atoms with E-state index in [2.05, 4.69) is 9.97 Å². The summed E-state index contributed by atoms with van der Waals surface area (Å²) in [6.07, 6.45) is 1.97.